The fourth-order valence-electron chi connectivity index (χ4n) is 2.67. The minimum absolute atomic E-state index is 0.100. The highest BCUT2D eigenvalue weighted by Crippen LogP contribution is 2.36. The molecule has 0 bridgehead atoms. The van der Waals surface area contributed by atoms with Crippen molar-refractivity contribution >= 4 is 40.6 Å². The maximum absolute atomic E-state index is 14.0. The van der Waals surface area contributed by atoms with Gasteiger partial charge < -0.3 is 9.47 Å². The molecule has 1 fully saturated rings. The maximum atomic E-state index is 14.0. The van der Waals surface area contributed by atoms with Crippen molar-refractivity contribution in [1.29, 1.82) is 0 Å². The SMILES string of the molecule is C=CCOc1ccc(/C=C2\SC(=O)N(Cc3c(F)cccc3Cl)C2=O)cc1OC. The van der Waals surface area contributed by atoms with E-state index in [4.69, 9.17) is 21.1 Å². The summed E-state index contributed by atoms with van der Waals surface area (Å²) in [4.78, 5) is 26.2. The molecule has 1 heterocycles. The van der Waals surface area contributed by atoms with Gasteiger partial charge in [-0.1, -0.05) is 36.4 Å². The van der Waals surface area contributed by atoms with Crippen molar-refractivity contribution in [3.8, 4) is 11.5 Å². The van der Waals surface area contributed by atoms with E-state index in [1.165, 1.54) is 25.3 Å². The first-order chi connectivity index (χ1) is 13.9. The molecule has 3 rings (SSSR count). The average Bonchev–Trinajstić information content (AvgIpc) is 2.96. The van der Waals surface area contributed by atoms with Crippen molar-refractivity contribution in [1.82, 2.24) is 4.90 Å². The molecule has 8 heteroatoms. The number of ether oxygens (including phenoxy) is 2. The molecule has 0 atom stereocenters. The first kappa shape index (κ1) is 21.0. The predicted octanol–water partition coefficient (Wildman–Crippen LogP) is 5.29. The average molecular weight is 434 g/mol. The summed E-state index contributed by atoms with van der Waals surface area (Å²) in [6.45, 7) is 3.69. The molecule has 0 spiro atoms. The van der Waals surface area contributed by atoms with Crippen LogP contribution in [0, 0.1) is 5.82 Å². The van der Waals surface area contributed by atoms with Gasteiger partial charge in [0, 0.05) is 10.6 Å². The van der Waals surface area contributed by atoms with Gasteiger partial charge >= 0.3 is 0 Å². The van der Waals surface area contributed by atoms with Gasteiger partial charge in [-0.25, -0.2) is 4.39 Å². The van der Waals surface area contributed by atoms with Crippen molar-refractivity contribution < 1.29 is 23.5 Å². The van der Waals surface area contributed by atoms with Crippen LogP contribution in [0.2, 0.25) is 5.02 Å². The van der Waals surface area contributed by atoms with Crippen LogP contribution in [0.15, 0.2) is 54.0 Å². The zero-order valence-corrected chi connectivity index (χ0v) is 17.1. The van der Waals surface area contributed by atoms with Gasteiger partial charge in [-0.05, 0) is 47.7 Å². The molecule has 150 valence electrons. The van der Waals surface area contributed by atoms with E-state index in [2.05, 4.69) is 6.58 Å². The fraction of sp³-hybridized carbons (Fsp3) is 0.143. The minimum Gasteiger partial charge on any atom is -0.493 e. The fourth-order valence-corrected chi connectivity index (χ4v) is 3.73. The smallest absolute Gasteiger partial charge is 0.293 e. The van der Waals surface area contributed by atoms with Crippen molar-refractivity contribution in [2.24, 2.45) is 0 Å². The Balaban J connectivity index is 1.83. The molecule has 0 radical (unpaired) electrons. The predicted molar refractivity (Wildman–Crippen MR) is 112 cm³/mol. The van der Waals surface area contributed by atoms with E-state index >= 15 is 0 Å². The van der Waals surface area contributed by atoms with Crippen LogP contribution in [0.5, 0.6) is 11.5 Å². The number of imide groups is 1. The van der Waals surface area contributed by atoms with Gasteiger partial charge in [-0.2, -0.15) is 0 Å². The number of rotatable bonds is 7. The van der Waals surface area contributed by atoms with Crippen LogP contribution in [0.1, 0.15) is 11.1 Å². The number of halogens is 2. The molecule has 2 amide bonds. The Morgan fingerprint density at radius 2 is 2.03 bits per heavy atom. The van der Waals surface area contributed by atoms with E-state index < -0.39 is 17.0 Å². The van der Waals surface area contributed by atoms with Crippen LogP contribution in [0.3, 0.4) is 0 Å². The molecular weight excluding hydrogens is 417 g/mol. The van der Waals surface area contributed by atoms with Crippen LogP contribution >= 0.6 is 23.4 Å². The second-order valence-corrected chi connectivity index (χ2v) is 7.38. The highest BCUT2D eigenvalue weighted by molar-refractivity contribution is 8.18. The Kier molecular flexibility index (Phi) is 6.61. The maximum Gasteiger partial charge on any atom is 0.293 e. The molecule has 0 saturated carbocycles. The van der Waals surface area contributed by atoms with Crippen molar-refractivity contribution in [3.05, 3.63) is 75.9 Å². The first-order valence-corrected chi connectivity index (χ1v) is 9.74. The molecule has 1 aliphatic heterocycles. The standard InChI is InChI=1S/C21H17ClFNO4S/c1-3-9-28-17-8-7-13(10-18(17)27-2)11-19-20(25)24(21(26)29-19)12-14-15(22)5-4-6-16(14)23/h3-8,10-11H,1,9,12H2,2H3/b19-11-. The summed E-state index contributed by atoms with van der Waals surface area (Å²) in [5, 5.41) is -0.327. The van der Waals surface area contributed by atoms with E-state index in [9.17, 15) is 14.0 Å². The summed E-state index contributed by atoms with van der Waals surface area (Å²) in [7, 11) is 1.51. The number of methoxy groups -OCH3 is 1. The molecule has 1 aliphatic rings. The van der Waals surface area contributed by atoms with E-state index in [1.54, 1.807) is 30.4 Å². The monoisotopic (exact) mass is 433 g/mol. The van der Waals surface area contributed by atoms with Gasteiger partial charge in [0.15, 0.2) is 11.5 Å². The molecule has 5 nitrogen and oxygen atoms in total. The third kappa shape index (κ3) is 4.63. The van der Waals surface area contributed by atoms with E-state index in [-0.39, 0.29) is 22.0 Å². The van der Waals surface area contributed by atoms with Crippen molar-refractivity contribution in [2.45, 2.75) is 6.54 Å². The van der Waals surface area contributed by atoms with Crippen LogP contribution in [0.25, 0.3) is 6.08 Å². The summed E-state index contributed by atoms with van der Waals surface area (Å²) >= 11 is 6.80. The second kappa shape index (κ2) is 9.15. The Labute approximate surface area is 176 Å². The molecule has 29 heavy (non-hydrogen) atoms. The summed E-state index contributed by atoms with van der Waals surface area (Å²) in [5.74, 6) is -0.0598. The van der Waals surface area contributed by atoms with Gasteiger partial charge in [0.05, 0.1) is 18.6 Å². The number of carbonyl (C=O) groups excluding carboxylic acids is 2. The van der Waals surface area contributed by atoms with Crippen LogP contribution in [-0.4, -0.2) is 29.8 Å². The van der Waals surface area contributed by atoms with Gasteiger partial charge in [0.2, 0.25) is 0 Å². The molecule has 0 aliphatic carbocycles. The number of benzene rings is 2. The summed E-state index contributed by atoms with van der Waals surface area (Å²) in [6.07, 6.45) is 3.19. The van der Waals surface area contributed by atoms with Gasteiger partial charge in [0.25, 0.3) is 11.1 Å². The summed E-state index contributed by atoms with van der Waals surface area (Å²) in [5.41, 5.74) is 0.755. The Morgan fingerprint density at radius 3 is 2.72 bits per heavy atom. The molecule has 0 aromatic heterocycles. The molecule has 2 aromatic rings. The lowest BCUT2D eigenvalue weighted by molar-refractivity contribution is -0.123. The highest BCUT2D eigenvalue weighted by Gasteiger charge is 2.35. The Bertz CT molecular complexity index is 988. The quantitative estimate of drug-likeness (QED) is 0.438. The second-order valence-electron chi connectivity index (χ2n) is 5.98. The Hall–Kier alpha value is -2.77. The normalized spacial score (nSPS) is 15.1. The van der Waals surface area contributed by atoms with Gasteiger partial charge in [-0.15, -0.1) is 0 Å². The van der Waals surface area contributed by atoms with Crippen molar-refractivity contribution in [3.63, 3.8) is 0 Å². The third-order valence-electron chi connectivity index (χ3n) is 4.09. The number of hydrogen-bond acceptors (Lipinski definition) is 5. The molecular formula is C21H17ClFNO4S. The van der Waals surface area contributed by atoms with Crippen molar-refractivity contribution in [2.75, 3.05) is 13.7 Å². The van der Waals surface area contributed by atoms with E-state index in [0.29, 0.717) is 23.7 Å². The molecule has 1 saturated heterocycles. The highest BCUT2D eigenvalue weighted by atomic mass is 35.5. The van der Waals surface area contributed by atoms with Gasteiger partial charge in [-0.3, -0.25) is 14.5 Å². The zero-order valence-electron chi connectivity index (χ0n) is 15.5. The van der Waals surface area contributed by atoms with Crippen LogP contribution < -0.4 is 9.47 Å². The lowest BCUT2D eigenvalue weighted by Gasteiger charge is -2.14. The minimum atomic E-state index is -0.569. The number of amides is 2. The van der Waals surface area contributed by atoms with Gasteiger partial charge in [0.1, 0.15) is 12.4 Å². The Morgan fingerprint density at radius 1 is 1.24 bits per heavy atom. The topological polar surface area (TPSA) is 55.8 Å². The largest absolute Gasteiger partial charge is 0.493 e. The molecule has 0 N–H and O–H groups in total. The number of hydrogen-bond donors (Lipinski definition) is 0. The van der Waals surface area contributed by atoms with E-state index in [0.717, 1.165) is 16.7 Å². The summed E-state index contributed by atoms with van der Waals surface area (Å²) in [6, 6.07) is 9.35. The summed E-state index contributed by atoms with van der Waals surface area (Å²) < 4.78 is 24.8. The lowest BCUT2D eigenvalue weighted by atomic mass is 10.1. The third-order valence-corrected chi connectivity index (χ3v) is 5.36. The lowest BCUT2D eigenvalue weighted by Crippen LogP contribution is -2.28. The first-order valence-electron chi connectivity index (χ1n) is 8.54. The molecule has 2 aromatic carbocycles. The van der Waals surface area contributed by atoms with Crippen LogP contribution in [0.4, 0.5) is 9.18 Å². The molecule has 0 unspecified atom stereocenters. The number of thioether (sulfide) groups is 1. The van der Waals surface area contributed by atoms with E-state index in [1.807, 2.05) is 0 Å². The van der Waals surface area contributed by atoms with Crippen LogP contribution in [-0.2, 0) is 11.3 Å². The number of nitrogens with zero attached hydrogens (tertiary/aromatic N) is 1. The zero-order chi connectivity index (χ0) is 21.0. The number of carbonyl (C=O) groups is 2.